The van der Waals surface area contributed by atoms with Gasteiger partial charge >= 0.3 is 0 Å². The Bertz CT molecular complexity index is 532. The average molecular weight is 289 g/mol. The predicted molar refractivity (Wildman–Crippen MR) is 72.6 cm³/mol. The number of hydrogen-bond donors (Lipinski definition) is 2. The van der Waals surface area contributed by atoms with Crippen LogP contribution in [-0.2, 0) is 16.6 Å². The van der Waals surface area contributed by atoms with Gasteiger partial charge < -0.3 is 10.6 Å². The molecule has 0 bridgehead atoms. The minimum atomic E-state index is -3.85. The molecular formula is C12H20FN3O2S. The van der Waals surface area contributed by atoms with Gasteiger partial charge in [0.25, 0.3) is 0 Å². The second-order valence-electron chi connectivity index (χ2n) is 4.75. The van der Waals surface area contributed by atoms with E-state index in [4.69, 9.17) is 5.73 Å². The van der Waals surface area contributed by atoms with Gasteiger partial charge in [0.05, 0.1) is 0 Å². The van der Waals surface area contributed by atoms with E-state index in [1.807, 2.05) is 19.0 Å². The minimum absolute atomic E-state index is 0.168. The van der Waals surface area contributed by atoms with Crippen molar-refractivity contribution in [3.05, 3.63) is 29.6 Å². The van der Waals surface area contributed by atoms with Crippen LogP contribution in [0.4, 0.5) is 4.39 Å². The molecule has 0 fully saturated rings. The zero-order valence-corrected chi connectivity index (χ0v) is 12.2. The second-order valence-corrected chi connectivity index (χ2v) is 6.44. The number of nitrogens with zero attached hydrogens (tertiary/aromatic N) is 1. The van der Waals surface area contributed by atoms with Crippen LogP contribution in [-0.4, -0.2) is 40.0 Å². The highest BCUT2D eigenvalue weighted by Crippen LogP contribution is 2.16. The summed E-state index contributed by atoms with van der Waals surface area (Å²) < 4.78 is 40.3. The van der Waals surface area contributed by atoms with E-state index in [0.717, 1.165) is 6.07 Å². The predicted octanol–water partition coefficient (Wildman–Crippen LogP) is 0.513. The summed E-state index contributed by atoms with van der Waals surface area (Å²) in [6, 6.07) is 3.58. The molecule has 0 saturated heterocycles. The maximum Gasteiger partial charge on any atom is 0.243 e. The lowest BCUT2D eigenvalue weighted by atomic mass is 10.2. The molecule has 19 heavy (non-hydrogen) atoms. The van der Waals surface area contributed by atoms with Gasteiger partial charge in [-0.15, -0.1) is 0 Å². The van der Waals surface area contributed by atoms with Crippen molar-refractivity contribution < 1.29 is 12.8 Å². The van der Waals surface area contributed by atoms with Crippen LogP contribution in [0.25, 0.3) is 0 Å². The normalized spacial score (nSPS) is 13.8. The average Bonchev–Trinajstić information content (AvgIpc) is 2.26. The number of rotatable bonds is 6. The van der Waals surface area contributed by atoms with Gasteiger partial charge in [-0.3, -0.25) is 0 Å². The Morgan fingerprint density at radius 2 is 2.05 bits per heavy atom. The third-order valence-corrected chi connectivity index (χ3v) is 4.14. The van der Waals surface area contributed by atoms with E-state index in [9.17, 15) is 12.8 Å². The van der Waals surface area contributed by atoms with Crippen LogP contribution in [0, 0.1) is 5.82 Å². The Kier molecular flexibility index (Phi) is 5.42. The molecule has 108 valence electrons. The molecule has 0 amide bonds. The summed E-state index contributed by atoms with van der Waals surface area (Å²) >= 11 is 0. The van der Waals surface area contributed by atoms with E-state index in [1.54, 1.807) is 6.92 Å². The van der Waals surface area contributed by atoms with E-state index in [1.165, 1.54) is 12.1 Å². The van der Waals surface area contributed by atoms with Crippen molar-refractivity contribution in [2.75, 3.05) is 20.6 Å². The summed E-state index contributed by atoms with van der Waals surface area (Å²) in [5, 5.41) is 0. The quantitative estimate of drug-likeness (QED) is 0.800. The molecule has 0 aliphatic carbocycles. The third kappa shape index (κ3) is 4.54. The van der Waals surface area contributed by atoms with E-state index >= 15 is 0 Å². The van der Waals surface area contributed by atoms with Gasteiger partial charge in [-0.05, 0) is 38.7 Å². The molecule has 3 N–H and O–H groups in total. The van der Waals surface area contributed by atoms with Gasteiger partial charge in [-0.1, -0.05) is 6.07 Å². The lowest BCUT2D eigenvalue weighted by Crippen LogP contribution is -2.39. The molecule has 5 nitrogen and oxygen atoms in total. The Balaban J connectivity index is 2.94. The number of benzene rings is 1. The smallest absolute Gasteiger partial charge is 0.243 e. The van der Waals surface area contributed by atoms with Gasteiger partial charge in [-0.25, -0.2) is 17.5 Å². The van der Waals surface area contributed by atoms with Crippen LogP contribution in [0.1, 0.15) is 12.5 Å². The van der Waals surface area contributed by atoms with Crippen molar-refractivity contribution in [1.82, 2.24) is 9.62 Å². The van der Waals surface area contributed by atoms with Gasteiger partial charge in [0, 0.05) is 19.1 Å². The minimum Gasteiger partial charge on any atom is -0.326 e. The van der Waals surface area contributed by atoms with Crippen LogP contribution in [0.5, 0.6) is 0 Å². The fourth-order valence-corrected chi connectivity index (χ4v) is 3.10. The van der Waals surface area contributed by atoms with Crippen LogP contribution in [0.15, 0.2) is 23.1 Å². The number of halogens is 1. The van der Waals surface area contributed by atoms with Crippen molar-refractivity contribution >= 4 is 10.0 Å². The molecule has 0 aromatic heterocycles. The van der Waals surface area contributed by atoms with Crippen molar-refractivity contribution in [2.24, 2.45) is 5.73 Å². The zero-order chi connectivity index (χ0) is 14.6. The number of likely N-dealkylation sites (N-methyl/N-ethyl adjacent to an activating group) is 1. The third-order valence-electron chi connectivity index (χ3n) is 2.52. The van der Waals surface area contributed by atoms with Gasteiger partial charge in [-0.2, -0.15) is 0 Å². The number of hydrogen-bond acceptors (Lipinski definition) is 4. The summed E-state index contributed by atoms with van der Waals surface area (Å²) in [6.07, 6.45) is 0. The van der Waals surface area contributed by atoms with Crippen LogP contribution in [0.2, 0.25) is 0 Å². The molecule has 0 spiro atoms. The van der Waals surface area contributed by atoms with Crippen LogP contribution < -0.4 is 10.5 Å². The molecule has 1 atom stereocenters. The van der Waals surface area contributed by atoms with Gasteiger partial charge in [0.15, 0.2) is 0 Å². The highest BCUT2D eigenvalue weighted by Gasteiger charge is 2.21. The van der Waals surface area contributed by atoms with E-state index in [2.05, 4.69) is 4.72 Å². The number of nitrogens with two attached hydrogens (primary N) is 1. The first-order valence-corrected chi connectivity index (χ1v) is 7.40. The molecule has 0 radical (unpaired) electrons. The monoisotopic (exact) mass is 289 g/mol. The molecule has 1 unspecified atom stereocenters. The molecule has 1 aromatic carbocycles. The maximum absolute atomic E-state index is 13.8. The highest BCUT2D eigenvalue weighted by atomic mass is 32.2. The standard InChI is InChI=1S/C12H20FN3O2S/c1-9(8-16(2)3)15-19(17,18)12-5-4-10(7-14)6-11(12)13/h4-6,9,15H,7-8,14H2,1-3H3. The molecule has 1 aromatic rings. The van der Waals surface area contributed by atoms with E-state index in [0.29, 0.717) is 12.1 Å². The fraction of sp³-hybridized carbons (Fsp3) is 0.500. The SMILES string of the molecule is CC(CN(C)C)NS(=O)(=O)c1ccc(CN)cc1F. The Morgan fingerprint density at radius 1 is 1.42 bits per heavy atom. The molecule has 0 saturated carbocycles. The van der Waals surface area contributed by atoms with E-state index in [-0.39, 0.29) is 17.5 Å². The van der Waals surface area contributed by atoms with Crippen molar-refractivity contribution in [3.63, 3.8) is 0 Å². The Labute approximate surface area is 113 Å². The number of sulfonamides is 1. The summed E-state index contributed by atoms with van der Waals surface area (Å²) in [4.78, 5) is 1.50. The summed E-state index contributed by atoms with van der Waals surface area (Å²) in [5.74, 6) is -0.785. The summed E-state index contributed by atoms with van der Waals surface area (Å²) in [6.45, 7) is 2.42. The molecule has 1 rings (SSSR count). The molecule has 0 heterocycles. The molecule has 0 aliphatic rings. The highest BCUT2D eigenvalue weighted by molar-refractivity contribution is 7.89. The van der Waals surface area contributed by atoms with Crippen molar-refractivity contribution in [2.45, 2.75) is 24.4 Å². The molecule has 0 aliphatic heterocycles. The largest absolute Gasteiger partial charge is 0.326 e. The van der Waals surface area contributed by atoms with Crippen molar-refractivity contribution in [3.8, 4) is 0 Å². The Morgan fingerprint density at radius 3 is 2.53 bits per heavy atom. The lowest BCUT2D eigenvalue weighted by molar-refractivity contribution is 0.370. The summed E-state index contributed by atoms with van der Waals surface area (Å²) in [5.41, 5.74) is 5.93. The fourth-order valence-electron chi connectivity index (χ4n) is 1.80. The van der Waals surface area contributed by atoms with E-state index < -0.39 is 15.8 Å². The first-order valence-electron chi connectivity index (χ1n) is 5.92. The summed E-state index contributed by atoms with van der Waals surface area (Å²) in [7, 11) is -0.184. The topological polar surface area (TPSA) is 75.4 Å². The zero-order valence-electron chi connectivity index (χ0n) is 11.4. The molecule has 7 heteroatoms. The van der Waals surface area contributed by atoms with Crippen LogP contribution >= 0.6 is 0 Å². The first kappa shape index (κ1) is 16.0. The Hall–Kier alpha value is -1.02. The number of nitrogens with one attached hydrogen (secondary N) is 1. The van der Waals surface area contributed by atoms with Gasteiger partial charge in [0.1, 0.15) is 10.7 Å². The second kappa shape index (κ2) is 6.42. The van der Waals surface area contributed by atoms with Gasteiger partial charge in [0.2, 0.25) is 10.0 Å². The van der Waals surface area contributed by atoms with Crippen LogP contribution in [0.3, 0.4) is 0 Å². The first-order chi connectivity index (χ1) is 8.76. The van der Waals surface area contributed by atoms with Crippen molar-refractivity contribution in [1.29, 1.82) is 0 Å². The molecular weight excluding hydrogens is 269 g/mol. The maximum atomic E-state index is 13.8. The lowest BCUT2D eigenvalue weighted by Gasteiger charge is -2.18.